The average molecular weight is 418 g/mol. The zero-order valence-corrected chi connectivity index (χ0v) is 16.8. The van der Waals surface area contributed by atoms with Crippen LogP contribution in [0.25, 0.3) is 0 Å². The maximum Gasteiger partial charge on any atom is 0.309 e. The van der Waals surface area contributed by atoms with Crippen LogP contribution in [0.3, 0.4) is 0 Å². The van der Waals surface area contributed by atoms with Gasteiger partial charge in [-0.25, -0.2) is 17.2 Å². The van der Waals surface area contributed by atoms with Crippen molar-refractivity contribution < 1.29 is 31.5 Å². The Morgan fingerprint density at radius 1 is 1.21 bits per heavy atom. The Balaban J connectivity index is 1.92. The molecule has 0 radical (unpaired) electrons. The van der Waals surface area contributed by atoms with Crippen molar-refractivity contribution in [2.75, 3.05) is 19.7 Å². The fourth-order valence-corrected chi connectivity index (χ4v) is 4.40. The van der Waals surface area contributed by atoms with Crippen molar-refractivity contribution in [1.82, 2.24) is 9.62 Å². The third-order valence-corrected chi connectivity index (χ3v) is 6.07. The first kappa shape index (κ1) is 22.2. The van der Waals surface area contributed by atoms with E-state index in [2.05, 4.69) is 5.32 Å². The van der Waals surface area contributed by atoms with Gasteiger partial charge in [0, 0.05) is 18.6 Å². The van der Waals surface area contributed by atoms with Crippen molar-refractivity contribution in [3.63, 3.8) is 0 Å². The quantitative estimate of drug-likeness (QED) is 0.737. The molecule has 0 saturated carbocycles. The zero-order chi connectivity index (χ0) is 21.1. The van der Waals surface area contributed by atoms with E-state index in [1.54, 1.807) is 20.8 Å². The second kappa shape index (κ2) is 8.52. The number of ether oxygens (including phenoxy) is 1. The molecule has 10 heteroatoms. The van der Waals surface area contributed by atoms with Crippen molar-refractivity contribution in [1.29, 1.82) is 0 Å². The van der Waals surface area contributed by atoms with Gasteiger partial charge in [-0.15, -0.1) is 0 Å². The Hall–Kier alpha value is -2.07. The van der Waals surface area contributed by atoms with Gasteiger partial charge >= 0.3 is 5.97 Å². The Bertz CT molecular complexity index is 844. The van der Waals surface area contributed by atoms with E-state index >= 15 is 0 Å². The van der Waals surface area contributed by atoms with Gasteiger partial charge in [-0.3, -0.25) is 9.59 Å². The van der Waals surface area contributed by atoms with Crippen LogP contribution in [0.4, 0.5) is 8.78 Å². The predicted octanol–water partition coefficient (Wildman–Crippen LogP) is 1.82. The molecule has 0 spiro atoms. The van der Waals surface area contributed by atoms with Crippen molar-refractivity contribution >= 4 is 21.9 Å². The van der Waals surface area contributed by atoms with E-state index < -0.39 is 56.5 Å². The minimum Gasteiger partial charge on any atom is -0.455 e. The van der Waals surface area contributed by atoms with Crippen LogP contribution in [0.15, 0.2) is 23.1 Å². The number of nitrogens with one attached hydrogen (secondary N) is 1. The third kappa shape index (κ3) is 5.71. The summed E-state index contributed by atoms with van der Waals surface area (Å²) in [6.07, 6.45) is 0.325. The molecule has 1 aliphatic heterocycles. The highest BCUT2D eigenvalue weighted by molar-refractivity contribution is 7.89. The van der Waals surface area contributed by atoms with E-state index in [4.69, 9.17) is 4.74 Å². The largest absolute Gasteiger partial charge is 0.455 e. The summed E-state index contributed by atoms with van der Waals surface area (Å²) in [4.78, 5) is 23.1. The van der Waals surface area contributed by atoms with Gasteiger partial charge < -0.3 is 10.1 Å². The van der Waals surface area contributed by atoms with Crippen molar-refractivity contribution in [3.8, 4) is 0 Å². The predicted molar refractivity (Wildman–Crippen MR) is 96.7 cm³/mol. The third-order valence-electron chi connectivity index (χ3n) is 4.16. The Morgan fingerprint density at radius 3 is 2.39 bits per heavy atom. The number of benzene rings is 1. The molecule has 7 nitrogen and oxygen atoms in total. The molecule has 1 aromatic carbocycles. The normalized spacial score (nSPS) is 16.6. The van der Waals surface area contributed by atoms with E-state index in [-0.39, 0.29) is 25.9 Å². The molecule has 0 aliphatic carbocycles. The lowest BCUT2D eigenvalue weighted by molar-refractivity contribution is -0.154. The Kier molecular flexibility index (Phi) is 6.76. The minimum atomic E-state index is -4.21. The first-order chi connectivity index (χ1) is 12.9. The Labute approximate surface area is 163 Å². The average Bonchev–Trinajstić information content (AvgIpc) is 2.60. The van der Waals surface area contributed by atoms with Gasteiger partial charge in [-0.1, -0.05) is 0 Å². The van der Waals surface area contributed by atoms with Crippen molar-refractivity contribution in [2.45, 2.75) is 44.0 Å². The molecular weight excluding hydrogens is 394 g/mol. The molecule has 0 aromatic heterocycles. The number of esters is 1. The molecule has 0 unspecified atom stereocenters. The number of amides is 1. The van der Waals surface area contributed by atoms with Gasteiger partial charge in [-0.2, -0.15) is 4.31 Å². The van der Waals surface area contributed by atoms with Crippen LogP contribution >= 0.6 is 0 Å². The topological polar surface area (TPSA) is 92.8 Å². The molecule has 1 fully saturated rings. The van der Waals surface area contributed by atoms with E-state index in [1.165, 1.54) is 0 Å². The first-order valence-corrected chi connectivity index (χ1v) is 10.3. The second-order valence-electron chi connectivity index (χ2n) is 7.66. The molecular formula is C18H24F2N2O5S. The molecule has 1 aromatic rings. The van der Waals surface area contributed by atoms with Gasteiger partial charge in [-0.05, 0) is 51.8 Å². The van der Waals surface area contributed by atoms with Crippen LogP contribution in [0.2, 0.25) is 0 Å². The number of hydrogen-bond acceptors (Lipinski definition) is 5. The van der Waals surface area contributed by atoms with E-state index in [0.29, 0.717) is 6.07 Å². The van der Waals surface area contributed by atoms with Gasteiger partial charge in [0.2, 0.25) is 10.0 Å². The zero-order valence-electron chi connectivity index (χ0n) is 16.0. The lowest BCUT2D eigenvalue weighted by Crippen LogP contribution is -2.44. The fourth-order valence-electron chi connectivity index (χ4n) is 2.85. The van der Waals surface area contributed by atoms with Gasteiger partial charge in [0.15, 0.2) is 6.61 Å². The van der Waals surface area contributed by atoms with E-state index in [9.17, 15) is 26.8 Å². The summed E-state index contributed by atoms with van der Waals surface area (Å²) in [7, 11) is -4.21. The fraction of sp³-hybridized carbons (Fsp3) is 0.556. The Morgan fingerprint density at radius 2 is 1.82 bits per heavy atom. The van der Waals surface area contributed by atoms with Crippen LogP contribution in [0, 0.1) is 17.6 Å². The molecule has 1 aliphatic rings. The maximum atomic E-state index is 13.8. The van der Waals surface area contributed by atoms with Gasteiger partial charge in [0.05, 0.1) is 5.92 Å². The number of carbonyl (C=O) groups excluding carboxylic acids is 2. The molecule has 156 valence electrons. The summed E-state index contributed by atoms with van der Waals surface area (Å²) >= 11 is 0. The number of carbonyl (C=O) groups is 2. The second-order valence-corrected chi connectivity index (χ2v) is 9.57. The summed E-state index contributed by atoms with van der Waals surface area (Å²) < 4.78 is 58.2. The highest BCUT2D eigenvalue weighted by Gasteiger charge is 2.34. The minimum absolute atomic E-state index is 0.0355. The lowest BCUT2D eigenvalue weighted by atomic mass is 9.98. The van der Waals surface area contributed by atoms with E-state index in [0.717, 1.165) is 16.4 Å². The van der Waals surface area contributed by atoms with Crippen molar-refractivity contribution in [2.24, 2.45) is 5.92 Å². The van der Waals surface area contributed by atoms with E-state index in [1.807, 2.05) is 0 Å². The van der Waals surface area contributed by atoms with Crippen LogP contribution < -0.4 is 5.32 Å². The summed E-state index contributed by atoms with van der Waals surface area (Å²) in [6.45, 7) is 4.90. The SMILES string of the molecule is CC(C)(C)NC(=O)COC(=O)C1CCN(S(=O)(=O)c2cc(F)ccc2F)CC1. The number of halogens is 2. The number of nitrogens with zero attached hydrogens (tertiary/aromatic N) is 1. The standard InChI is InChI=1S/C18H24F2N2O5S/c1-18(2,3)21-16(23)11-27-17(24)12-6-8-22(9-7-12)28(25,26)15-10-13(19)4-5-14(15)20/h4-5,10,12H,6-9,11H2,1-3H3,(H,21,23). The highest BCUT2D eigenvalue weighted by atomic mass is 32.2. The van der Waals surface area contributed by atoms with Gasteiger partial charge in [0.25, 0.3) is 5.91 Å². The number of rotatable bonds is 5. The molecule has 1 amide bonds. The van der Waals surface area contributed by atoms with Crippen LogP contribution in [0.5, 0.6) is 0 Å². The monoisotopic (exact) mass is 418 g/mol. The molecule has 1 N–H and O–H groups in total. The lowest BCUT2D eigenvalue weighted by Gasteiger charge is -2.30. The molecule has 0 atom stereocenters. The first-order valence-electron chi connectivity index (χ1n) is 8.83. The summed E-state index contributed by atoms with van der Waals surface area (Å²) in [6, 6.07) is 2.24. The number of piperidine rings is 1. The number of sulfonamides is 1. The molecule has 1 saturated heterocycles. The van der Waals surface area contributed by atoms with Crippen LogP contribution in [-0.2, 0) is 24.3 Å². The molecule has 0 bridgehead atoms. The maximum absolute atomic E-state index is 13.8. The summed E-state index contributed by atoms with van der Waals surface area (Å²) in [5.74, 6) is -3.47. The highest BCUT2D eigenvalue weighted by Crippen LogP contribution is 2.26. The summed E-state index contributed by atoms with van der Waals surface area (Å²) in [5.41, 5.74) is -0.449. The summed E-state index contributed by atoms with van der Waals surface area (Å²) in [5, 5.41) is 2.66. The smallest absolute Gasteiger partial charge is 0.309 e. The molecule has 28 heavy (non-hydrogen) atoms. The van der Waals surface area contributed by atoms with Crippen molar-refractivity contribution in [3.05, 3.63) is 29.8 Å². The van der Waals surface area contributed by atoms with Gasteiger partial charge in [0.1, 0.15) is 16.5 Å². The molecule has 2 rings (SSSR count). The molecule has 1 heterocycles. The van der Waals surface area contributed by atoms with Crippen LogP contribution in [0.1, 0.15) is 33.6 Å². The van der Waals surface area contributed by atoms with Crippen LogP contribution in [-0.4, -0.2) is 49.8 Å². The number of hydrogen-bond donors (Lipinski definition) is 1.